The Hall–Kier alpha value is -1.94. The Labute approximate surface area is 144 Å². The molecule has 0 bridgehead atoms. The van der Waals surface area contributed by atoms with Crippen molar-refractivity contribution >= 4 is 16.8 Å². The van der Waals surface area contributed by atoms with E-state index in [1.807, 2.05) is 31.0 Å². The summed E-state index contributed by atoms with van der Waals surface area (Å²) in [5.41, 5.74) is 2.31. The van der Waals surface area contributed by atoms with Crippen LogP contribution in [0.15, 0.2) is 36.5 Å². The summed E-state index contributed by atoms with van der Waals surface area (Å²) in [5, 5.41) is 4.87. The second kappa shape index (κ2) is 7.31. The highest BCUT2D eigenvalue weighted by atomic mass is 16.2. The van der Waals surface area contributed by atoms with Crippen LogP contribution in [0.5, 0.6) is 0 Å². The molecule has 1 aliphatic heterocycles. The topological polar surface area (TPSA) is 45.2 Å². The first kappa shape index (κ1) is 16.9. The fourth-order valence-corrected chi connectivity index (χ4v) is 3.57. The minimum atomic E-state index is 0.0865. The van der Waals surface area contributed by atoms with Crippen LogP contribution in [0.25, 0.3) is 10.9 Å². The molecule has 0 aliphatic carbocycles. The van der Waals surface area contributed by atoms with E-state index in [0.717, 1.165) is 31.6 Å². The predicted octanol–water partition coefficient (Wildman–Crippen LogP) is 3.22. The average Bonchev–Trinajstić information content (AvgIpc) is 2.60. The first-order chi connectivity index (χ1) is 11.6. The summed E-state index contributed by atoms with van der Waals surface area (Å²) in [6, 6.07) is 10.9. The van der Waals surface area contributed by atoms with Gasteiger partial charge >= 0.3 is 0 Å². The summed E-state index contributed by atoms with van der Waals surface area (Å²) in [5.74, 6) is 0.825. The second-order valence-electron chi connectivity index (χ2n) is 7.18. The lowest BCUT2D eigenvalue weighted by Gasteiger charge is -2.38. The summed E-state index contributed by atoms with van der Waals surface area (Å²) in [7, 11) is 0. The third-order valence-corrected chi connectivity index (χ3v) is 4.98. The molecule has 1 fully saturated rings. The molecule has 0 saturated carbocycles. The zero-order valence-corrected chi connectivity index (χ0v) is 14.8. The van der Waals surface area contributed by atoms with Gasteiger partial charge in [-0.3, -0.25) is 9.78 Å². The maximum absolute atomic E-state index is 12.2. The smallest absolute Gasteiger partial charge is 0.225 e. The Bertz CT molecular complexity index is 708. The maximum Gasteiger partial charge on any atom is 0.225 e. The Kier molecular flexibility index (Phi) is 5.14. The molecule has 1 aromatic carbocycles. The van der Waals surface area contributed by atoms with Crippen molar-refractivity contribution in [2.45, 2.75) is 39.8 Å². The van der Waals surface area contributed by atoms with Crippen LogP contribution < -0.4 is 5.32 Å². The van der Waals surface area contributed by atoms with Gasteiger partial charge in [-0.05, 0) is 24.0 Å². The largest absolute Gasteiger partial charge is 0.342 e. The van der Waals surface area contributed by atoms with Crippen molar-refractivity contribution in [3.8, 4) is 0 Å². The van der Waals surface area contributed by atoms with Crippen molar-refractivity contribution in [2.75, 3.05) is 13.1 Å². The van der Waals surface area contributed by atoms with Crippen LogP contribution in [0.4, 0.5) is 0 Å². The van der Waals surface area contributed by atoms with Crippen LogP contribution >= 0.6 is 0 Å². The Morgan fingerprint density at radius 1 is 1.33 bits per heavy atom. The van der Waals surface area contributed by atoms with Gasteiger partial charge in [0.25, 0.3) is 0 Å². The summed E-state index contributed by atoms with van der Waals surface area (Å²) in [6.45, 7) is 8.71. The molecule has 4 heteroatoms. The number of pyridine rings is 1. The Morgan fingerprint density at radius 2 is 2.12 bits per heavy atom. The number of aromatic nitrogens is 1. The van der Waals surface area contributed by atoms with Gasteiger partial charge in [-0.15, -0.1) is 0 Å². The first-order valence-electron chi connectivity index (χ1n) is 8.91. The molecule has 1 amide bonds. The van der Waals surface area contributed by atoms with E-state index in [9.17, 15) is 4.79 Å². The van der Waals surface area contributed by atoms with E-state index in [1.165, 1.54) is 10.9 Å². The lowest BCUT2D eigenvalue weighted by molar-refractivity contribution is -0.136. The van der Waals surface area contributed by atoms with Crippen molar-refractivity contribution < 1.29 is 4.79 Å². The van der Waals surface area contributed by atoms with Crippen LogP contribution in [0.3, 0.4) is 0 Å². The summed E-state index contributed by atoms with van der Waals surface area (Å²) in [4.78, 5) is 18.7. The van der Waals surface area contributed by atoms with Gasteiger partial charge in [0.2, 0.25) is 5.91 Å². The molecule has 1 aliphatic rings. The van der Waals surface area contributed by atoms with Gasteiger partial charge in [0.05, 0.1) is 5.52 Å². The quantitative estimate of drug-likeness (QED) is 0.939. The third-order valence-electron chi connectivity index (χ3n) is 4.98. The molecule has 0 spiro atoms. The fraction of sp³-hybridized carbons (Fsp3) is 0.500. The molecule has 24 heavy (non-hydrogen) atoms. The summed E-state index contributed by atoms with van der Waals surface area (Å²) < 4.78 is 0. The van der Waals surface area contributed by atoms with Gasteiger partial charge in [0.1, 0.15) is 0 Å². The molecule has 1 saturated heterocycles. The number of hydrogen-bond acceptors (Lipinski definition) is 3. The number of carbonyl (C=O) groups excluding carboxylic acids is 1. The normalized spacial score (nSPS) is 21.4. The van der Waals surface area contributed by atoms with E-state index >= 15 is 0 Å². The molecule has 2 aromatic rings. The van der Waals surface area contributed by atoms with E-state index in [1.54, 1.807) is 0 Å². The molecular weight excluding hydrogens is 298 g/mol. The molecule has 1 N–H and O–H groups in total. The number of para-hydroxylation sites is 1. The minimum absolute atomic E-state index is 0.0865. The average molecular weight is 325 g/mol. The molecule has 1 aromatic heterocycles. The van der Waals surface area contributed by atoms with Crippen LogP contribution in [-0.2, 0) is 11.3 Å². The van der Waals surface area contributed by atoms with Gasteiger partial charge in [-0.25, -0.2) is 0 Å². The standard InChI is InChI=1S/C20H27N3O/c1-14(2)20(24)23-11-9-18(15(3)13-23)22-12-17-7-4-6-16-8-5-10-21-19(16)17/h4-8,10,14-15,18,22H,9,11-13H2,1-3H3/t15-,18-/m0/s1. The SMILES string of the molecule is CC(C)C(=O)N1CC[C@H](NCc2cccc3cccnc23)[C@@H](C)C1. The number of amides is 1. The number of hydrogen-bond donors (Lipinski definition) is 1. The zero-order valence-electron chi connectivity index (χ0n) is 14.8. The predicted molar refractivity (Wildman–Crippen MR) is 97.6 cm³/mol. The number of nitrogens with one attached hydrogen (secondary N) is 1. The highest BCUT2D eigenvalue weighted by molar-refractivity contribution is 5.81. The molecule has 2 heterocycles. The maximum atomic E-state index is 12.2. The highest BCUT2D eigenvalue weighted by Crippen LogP contribution is 2.21. The molecule has 0 radical (unpaired) electrons. The molecule has 3 rings (SSSR count). The van der Waals surface area contributed by atoms with Crippen molar-refractivity contribution in [2.24, 2.45) is 11.8 Å². The molecule has 4 nitrogen and oxygen atoms in total. The number of likely N-dealkylation sites (tertiary alicyclic amines) is 1. The van der Waals surface area contributed by atoms with Crippen LogP contribution in [0.2, 0.25) is 0 Å². The van der Waals surface area contributed by atoms with Gasteiger partial charge < -0.3 is 10.2 Å². The fourth-order valence-electron chi connectivity index (χ4n) is 3.57. The van der Waals surface area contributed by atoms with Gasteiger partial charge in [0.15, 0.2) is 0 Å². The molecular formula is C20H27N3O. The second-order valence-corrected chi connectivity index (χ2v) is 7.18. The number of benzene rings is 1. The zero-order chi connectivity index (χ0) is 17.1. The van der Waals surface area contributed by atoms with Crippen molar-refractivity contribution in [1.29, 1.82) is 0 Å². The number of rotatable bonds is 4. The number of fused-ring (bicyclic) bond motifs is 1. The van der Waals surface area contributed by atoms with E-state index in [-0.39, 0.29) is 11.8 Å². The number of carbonyl (C=O) groups is 1. The minimum Gasteiger partial charge on any atom is -0.342 e. The van der Waals surface area contributed by atoms with E-state index in [0.29, 0.717) is 12.0 Å². The van der Waals surface area contributed by atoms with E-state index in [2.05, 4.69) is 41.5 Å². The summed E-state index contributed by atoms with van der Waals surface area (Å²) >= 11 is 0. The lowest BCUT2D eigenvalue weighted by Crippen LogP contribution is -2.50. The van der Waals surface area contributed by atoms with Gasteiger partial charge in [0, 0.05) is 43.2 Å². The van der Waals surface area contributed by atoms with E-state index in [4.69, 9.17) is 0 Å². The Balaban J connectivity index is 1.62. The van der Waals surface area contributed by atoms with Gasteiger partial charge in [-0.1, -0.05) is 45.0 Å². The molecule has 2 atom stereocenters. The van der Waals surface area contributed by atoms with Gasteiger partial charge in [-0.2, -0.15) is 0 Å². The molecule has 0 unspecified atom stereocenters. The highest BCUT2D eigenvalue weighted by Gasteiger charge is 2.29. The summed E-state index contributed by atoms with van der Waals surface area (Å²) in [6.07, 6.45) is 2.86. The van der Waals surface area contributed by atoms with Crippen molar-refractivity contribution in [3.05, 3.63) is 42.1 Å². The first-order valence-corrected chi connectivity index (χ1v) is 8.91. The van der Waals surface area contributed by atoms with Crippen LogP contribution in [0.1, 0.15) is 32.8 Å². The number of nitrogens with zero attached hydrogens (tertiary/aromatic N) is 2. The van der Waals surface area contributed by atoms with Crippen LogP contribution in [-0.4, -0.2) is 34.9 Å². The number of piperidine rings is 1. The monoisotopic (exact) mass is 325 g/mol. The molecule has 128 valence electrons. The lowest BCUT2D eigenvalue weighted by atomic mass is 9.92. The Morgan fingerprint density at radius 3 is 2.88 bits per heavy atom. The van der Waals surface area contributed by atoms with E-state index < -0.39 is 0 Å². The van der Waals surface area contributed by atoms with Crippen molar-refractivity contribution in [1.82, 2.24) is 15.2 Å². The van der Waals surface area contributed by atoms with Crippen molar-refractivity contribution in [3.63, 3.8) is 0 Å². The third kappa shape index (κ3) is 3.59. The van der Waals surface area contributed by atoms with Crippen LogP contribution in [0, 0.1) is 11.8 Å².